The molecule has 3 saturated heterocycles. The van der Waals surface area contributed by atoms with Gasteiger partial charge in [-0.2, -0.15) is 0 Å². The highest BCUT2D eigenvalue weighted by Gasteiger charge is 2.36. The number of anilines is 3. The van der Waals surface area contributed by atoms with Crippen LogP contribution in [0.3, 0.4) is 0 Å². The van der Waals surface area contributed by atoms with E-state index in [1.165, 1.54) is 0 Å². The lowest BCUT2D eigenvalue weighted by molar-refractivity contribution is -0.142. The number of benzene rings is 1. The van der Waals surface area contributed by atoms with Crippen LogP contribution in [-0.4, -0.2) is 130 Å². The molecule has 0 spiro atoms. The molecule has 2 atom stereocenters. The zero-order valence-electron chi connectivity index (χ0n) is 27.7. The molecule has 3 aliphatic rings. The molecule has 0 amide bonds. The van der Waals surface area contributed by atoms with Gasteiger partial charge in [0.05, 0.1) is 70.8 Å². The molecule has 2 aromatic heterocycles. The first-order valence-electron chi connectivity index (χ1n) is 16.6. The molecule has 3 fully saturated rings. The molecule has 1 aromatic carbocycles. The number of rotatable bonds is 21. The Labute approximate surface area is 285 Å². The van der Waals surface area contributed by atoms with Gasteiger partial charge in [-0.15, -0.1) is 10.2 Å². The van der Waals surface area contributed by atoms with Crippen molar-refractivity contribution in [2.45, 2.75) is 18.9 Å². The number of carboxylic acids is 1. The molecule has 0 aliphatic carbocycles. The van der Waals surface area contributed by atoms with Crippen molar-refractivity contribution in [3.05, 3.63) is 48.7 Å². The molecule has 0 radical (unpaired) electrons. The fourth-order valence-corrected chi connectivity index (χ4v) is 5.96. The van der Waals surface area contributed by atoms with Gasteiger partial charge in [-0.1, -0.05) is 12.1 Å². The highest BCUT2D eigenvalue weighted by molar-refractivity contribution is 5.74. The molecular weight excluding hydrogens is 636 g/mol. The van der Waals surface area contributed by atoms with Crippen molar-refractivity contribution in [3.63, 3.8) is 0 Å². The van der Waals surface area contributed by atoms with Crippen LogP contribution in [0.25, 0.3) is 11.3 Å². The third kappa shape index (κ3) is 11.1. The number of phenolic OH excluding ortho intramolecular Hbond substituents is 1. The first kappa shape index (κ1) is 36.0. The number of pyridine rings is 1. The second kappa shape index (κ2) is 19.0. The summed E-state index contributed by atoms with van der Waals surface area (Å²) in [4.78, 5) is 19.5. The number of hydrogen-bond acceptors (Lipinski definition) is 14. The minimum atomic E-state index is -1.000. The fraction of sp³-hybridized carbons (Fsp3) is 0.529. The third-order valence-corrected chi connectivity index (χ3v) is 8.28. The van der Waals surface area contributed by atoms with Crippen molar-refractivity contribution in [3.8, 4) is 22.9 Å². The number of nitrogens with two attached hydrogens (primary N) is 1. The Morgan fingerprint density at radius 1 is 0.816 bits per heavy atom. The Morgan fingerprint density at radius 3 is 2.18 bits per heavy atom. The van der Waals surface area contributed by atoms with E-state index in [0.29, 0.717) is 88.3 Å². The smallest absolute Gasteiger partial charge is 0.329 e. The average Bonchev–Trinajstić information content (AvgIpc) is 3.42. The summed E-state index contributed by atoms with van der Waals surface area (Å²) < 4.78 is 32.7. The van der Waals surface area contributed by atoms with Crippen LogP contribution in [-0.2, 0) is 28.5 Å². The maximum Gasteiger partial charge on any atom is 0.329 e. The van der Waals surface area contributed by atoms with E-state index in [2.05, 4.69) is 25.0 Å². The van der Waals surface area contributed by atoms with E-state index < -0.39 is 5.97 Å². The molecule has 4 N–H and O–H groups in total. The molecule has 2 unspecified atom stereocenters. The zero-order valence-corrected chi connectivity index (χ0v) is 27.7. The predicted octanol–water partition coefficient (Wildman–Crippen LogP) is 2.48. The van der Waals surface area contributed by atoms with E-state index in [-0.39, 0.29) is 25.0 Å². The molecule has 3 aliphatic heterocycles. The van der Waals surface area contributed by atoms with E-state index in [1.807, 2.05) is 30.3 Å². The first-order valence-corrected chi connectivity index (χ1v) is 16.6. The molecular formula is C34H46N6O9. The summed E-state index contributed by atoms with van der Waals surface area (Å²) in [5.41, 5.74) is 9.48. The van der Waals surface area contributed by atoms with E-state index in [9.17, 15) is 9.90 Å². The Bertz CT molecular complexity index is 1470. The van der Waals surface area contributed by atoms with Gasteiger partial charge in [-0.05, 0) is 43.0 Å². The fourth-order valence-electron chi connectivity index (χ4n) is 5.96. The Morgan fingerprint density at radius 2 is 1.49 bits per heavy atom. The van der Waals surface area contributed by atoms with E-state index in [1.54, 1.807) is 18.3 Å². The van der Waals surface area contributed by atoms with Crippen molar-refractivity contribution >= 4 is 23.2 Å². The molecule has 3 aromatic rings. The van der Waals surface area contributed by atoms with Crippen LogP contribution in [0.4, 0.5) is 17.2 Å². The summed E-state index contributed by atoms with van der Waals surface area (Å²) in [6.07, 6.45) is 3.98. The van der Waals surface area contributed by atoms with Gasteiger partial charge in [0, 0.05) is 49.2 Å². The van der Waals surface area contributed by atoms with Gasteiger partial charge in [0.25, 0.3) is 0 Å². The molecule has 2 bridgehead atoms. The second-order valence-electron chi connectivity index (χ2n) is 11.8. The number of carbonyl (C=O) groups is 1. The van der Waals surface area contributed by atoms with E-state index in [4.69, 9.17) is 39.3 Å². The summed E-state index contributed by atoms with van der Waals surface area (Å²) in [5.74, 6) is 0.535. The Hall–Kier alpha value is -4.28. The van der Waals surface area contributed by atoms with Crippen molar-refractivity contribution in [2.24, 2.45) is 5.92 Å². The lowest BCUT2D eigenvalue weighted by Gasteiger charge is -2.38. The van der Waals surface area contributed by atoms with E-state index >= 15 is 0 Å². The molecule has 15 heteroatoms. The number of nitrogen functional groups attached to an aromatic ring is 1. The molecule has 0 saturated carbocycles. The quantitative estimate of drug-likeness (QED) is 0.139. The molecule has 5 heterocycles. The summed E-state index contributed by atoms with van der Waals surface area (Å²) in [5, 5.41) is 27.4. The number of para-hydroxylation sites is 1. The SMILES string of the molecule is Nc1nnc(-c2ccccc2O)cc1N1CC2CCC(C1)N(c1ccnc(OCCOCCOCCOCCOCCOCC(=O)O)c1)C2. The van der Waals surface area contributed by atoms with Gasteiger partial charge in [0.15, 0.2) is 5.82 Å². The largest absolute Gasteiger partial charge is 0.507 e. The third-order valence-electron chi connectivity index (χ3n) is 8.28. The van der Waals surface area contributed by atoms with Crippen LogP contribution in [0.15, 0.2) is 48.7 Å². The lowest BCUT2D eigenvalue weighted by atomic mass is 9.94. The average molecular weight is 683 g/mol. The number of aromatic nitrogens is 3. The maximum absolute atomic E-state index is 10.4. The van der Waals surface area contributed by atoms with Crippen molar-refractivity contribution in [1.29, 1.82) is 0 Å². The summed E-state index contributed by atoms with van der Waals surface area (Å²) in [6, 6.07) is 13.3. The number of aromatic hydroxyl groups is 1. The number of fused-ring (bicyclic) bond motifs is 4. The second-order valence-corrected chi connectivity index (χ2v) is 11.8. The van der Waals surface area contributed by atoms with Crippen molar-refractivity contribution < 1.29 is 43.4 Å². The molecule has 266 valence electrons. The number of aliphatic carboxylic acids is 1. The minimum absolute atomic E-state index is 0.157. The molecule has 6 rings (SSSR count). The van der Waals surface area contributed by atoms with Crippen molar-refractivity contribution in [1.82, 2.24) is 15.2 Å². The monoisotopic (exact) mass is 682 g/mol. The highest BCUT2D eigenvalue weighted by atomic mass is 16.6. The first-order chi connectivity index (χ1) is 24.0. The maximum atomic E-state index is 10.4. The number of phenols is 1. The van der Waals surface area contributed by atoms with Gasteiger partial charge in [0.1, 0.15) is 19.0 Å². The van der Waals surface area contributed by atoms with Crippen LogP contribution in [0.5, 0.6) is 11.6 Å². The predicted molar refractivity (Wildman–Crippen MR) is 181 cm³/mol. The zero-order chi connectivity index (χ0) is 34.3. The molecule has 49 heavy (non-hydrogen) atoms. The minimum Gasteiger partial charge on any atom is -0.507 e. The normalized spacial score (nSPS) is 17.3. The van der Waals surface area contributed by atoms with Crippen LogP contribution in [0, 0.1) is 5.92 Å². The number of carboxylic acid groups (broad SMARTS) is 1. The summed E-state index contributed by atoms with van der Waals surface area (Å²) in [6.45, 7) is 6.16. The topological polar surface area (TPSA) is 184 Å². The van der Waals surface area contributed by atoms with Crippen LogP contribution < -0.4 is 20.3 Å². The van der Waals surface area contributed by atoms with Gasteiger partial charge < -0.3 is 54.2 Å². The van der Waals surface area contributed by atoms with Gasteiger partial charge in [-0.25, -0.2) is 9.78 Å². The number of piperidine rings is 1. The summed E-state index contributed by atoms with van der Waals surface area (Å²) in [7, 11) is 0. The van der Waals surface area contributed by atoms with Gasteiger partial charge >= 0.3 is 5.97 Å². The number of nitrogens with zero attached hydrogens (tertiary/aromatic N) is 5. The van der Waals surface area contributed by atoms with E-state index in [0.717, 1.165) is 43.9 Å². The Kier molecular flexibility index (Phi) is 14.0. The standard InChI is InChI=1S/C34H46N6O9/c35-34-30(20-29(37-38-34)28-3-1-2-4-31(28)41)39-21-25-5-6-27(23-39)40(22-25)26-7-8-36-32(19-26)49-18-17-47-14-13-45-10-9-44-11-12-46-15-16-48-24-33(42)43/h1-4,7-8,19-20,25,27,41H,5-6,9-18,21-24H2,(H2,35,38)(H,42,43). The van der Waals surface area contributed by atoms with Crippen LogP contribution >= 0.6 is 0 Å². The summed E-state index contributed by atoms with van der Waals surface area (Å²) >= 11 is 0. The number of hydrogen-bond donors (Lipinski definition) is 3. The van der Waals surface area contributed by atoms with Crippen LogP contribution in [0.2, 0.25) is 0 Å². The lowest BCUT2D eigenvalue weighted by Crippen LogP contribution is -2.44. The highest BCUT2D eigenvalue weighted by Crippen LogP contribution is 2.37. The Balaban J connectivity index is 0.991. The number of ether oxygens (including phenoxy) is 6. The van der Waals surface area contributed by atoms with Gasteiger partial charge in [0.2, 0.25) is 5.88 Å². The molecule has 15 nitrogen and oxygen atoms in total. The van der Waals surface area contributed by atoms with Crippen molar-refractivity contribution in [2.75, 3.05) is 108 Å². The van der Waals surface area contributed by atoms with Gasteiger partial charge in [-0.3, -0.25) is 0 Å². The van der Waals surface area contributed by atoms with Crippen LogP contribution in [0.1, 0.15) is 12.8 Å².